The maximum atomic E-state index is 13.0. The fourth-order valence-corrected chi connectivity index (χ4v) is 3.98. The molecule has 0 aliphatic heterocycles. The molecule has 0 fully saturated rings. The van der Waals surface area contributed by atoms with E-state index in [9.17, 15) is 13.8 Å². The number of fused-ring (bicyclic) bond motifs is 1. The van der Waals surface area contributed by atoms with E-state index in [0.29, 0.717) is 23.1 Å². The Morgan fingerprint density at radius 1 is 1.00 bits per heavy atom. The Morgan fingerprint density at radius 3 is 2.17 bits per heavy atom. The van der Waals surface area contributed by atoms with Crippen LogP contribution in [0.25, 0.3) is 10.8 Å². The molecule has 1 atom stereocenters. The van der Waals surface area contributed by atoms with Gasteiger partial charge in [0.1, 0.15) is 5.75 Å². The molecule has 0 aliphatic rings. The molecule has 9 heteroatoms. The third-order valence-corrected chi connectivity index (χ3v) is 5.38. The summed E-state index contributed by atoms with van der Waals surface area (Å²) in [5.74, 6) is -0.573. The van der Waals surface area contributed by atoms with Crippen LogP contribution in [0.2, 0.25) is 0 Å². The van der Waals surface area contributed by atoms with Crippen molar-refractivity contribution in [3.05, 3.63) is 18.2 Å². The van der Waals surface area contributed by atoms with Gasteiger partial charge in [-0.05, 0) is 12.0 Å². The molecule has 0 N–H and O–H groups in total. The topological polar surface area (TPSA) is 97.4 Å². The lowest BCUT2D eigenvalue weighted by atomic mass is 10.1. The van der Waals surface area contributed by atoms with E-state index in [2.05, 4.69) is 4.74 Å². The number of hydrogen-bond acceptors (Lipinski definition) is 8. The Bertz CT molecular complexity index is 967. The highest BCUT2D eigenvalue weighted by molar-refractivity contribution is 7.86. The maximum Gasteiger partial charge on any atom is 0.318 e. The van der Waals surface area contributed by atoms with Crippen molar-refractivity contribution in [1.82, 2.24) is 0 Å². The van der Waals surface area contributed by atoms with Crippen LogP contribution in [-0.2, 0) is 25.1 Å². The van der Waals surface area contributed by atoms with E-state index in [1.54, 1.807) is 18.2 Å². The van der Waals surface area contributed by atoms with Crippen molar-refractivity contribution in [2.45, 2.75) is 25.7 Å². The SMILES string of the molecule is COC(=O)CS(=O)c1cccc2c(OCC(C)C)c(OC)c(OC)c(OC(C)=O)c12. The molecule has 0 aromatic heterocycles. The van der Waals surface area contributed by atoms with Gasteiger partial charge in [0.25, 0.3) is 0 Å². The van der Waals surface area contributed by atoms with Crippen LogP contribution in [0.5, 0.6) is 23.0 Å². The van der Waals surface area contributed by atoms with E-state index in [1.165, 1.54) is 28.3 Å². The lowest BCUT2D eigenvalue weighted by molar-refractivity contribution is -0.137. The lowest BCUT2D eigenvalue weighted by Crippen LogP contribution is -2.13. The van der Waals surface area contributed by atoms with Gasteiger partial charge in [-0.2, -0.15) is 0 Å². The molecule has 0 amide bonds. The number of ether oxygens (including phenoxy) is 5. The van der Waals surface area contributed by atoms with Gasteiger partial charge in [0.2, 0.25) is 11.5 Å². The number of carbonyl (C=O) groups is 2. The molecule has 0 bridgehead atoms. The summed E-state index contributed by atoms with van der Waals surface area (Å²) in [6.45, 7) is 5.62. The van der Waals surface area contributed by atoms with Crippen LogP contribution in [0.4, 0.5) is 0 Å². The van der Waals surface area contributed by atoms with Gasteiger partial charge < -0.3 is 23.7 Å². The maximum absolute atomic E-state index is 13.0. The summed E-state index contributed by atoms with van der Waals surface area (Å²) < 4.78 is 40.0. The van der Waals surface area contributed by atoms with Gasteiger partial charge in [-0.15, -0.1) is 0 Å². The third kappa shape index (κ3) is 5.02. The Labute approximate surface area is 177 Å². The van der Waals surface area contributed by atoms with Crippen LogP contribution < -0.4 is 18.9 Å². The zero-order chi connectivity index (χ0) is 22.4. The van der Waals surface area contributed by atoms with Crippen molar-refractivity contribution in [3.8, 4) is 23.0 Å². The Morgan fingerprint density at radius 2 is 1.63 bits per heavy atom. The Kier molecular flexibility index (Phi) is 8.05. The highest BCUT2D eigenvalue weighted by atomic mass is 32.2. The summed E-state index contributed by atoms with van der Waals surface area (Å²) in [5, 5.41) is 0.853. The van der Waals surface area contributed by atoms with Crippen molar-refractivity contribution < 1.29 is 37.5 Å². The first-order chi connectivity index (χ1) is 14.2. The molecule has 2 aromatic carbocycles. The highest BCUT2D eigenvalue weighted by Crippen LogP contribution is 2.52. The molecule has 8 nitrogen and oxygen atoms in total. The summed E-state index contributed by atoms with van der Waals surface area (Å²) in [6, 6.07) is 5.00. The first-order valence-electron chi connectivity index (χ1n) is 9.22. The smallest absolute Gasteiger partial charge is 0.318 e. The van der Waals surface area contributed by atoms with E-state index >= 15 is 0 Å². The lowest BCUT2D eigenvalue weighted by Gasteiger charge is -2.21. The van der Waals surface area contributed by atoms with E-state index in [1.807, 2.05) is 13.8 Å². The number of hydrogen-bond donors (Lipinski definition) is 0. The van der Waals surface area contributed by atoms with Crippen molar-refractivity contribution in [1.29, 1.82) is 0 Å². The zero-order valence-corrected chi connectivity index (χ0v) is 18.7. The monoisotopic (exact) mass is 438 g/mol. The fraction of sp³-hybridized carbons (Fsp3) is 0.429. The van der Waals surface area contributed by atoms with E-state index in [-0.39, 0.29) is 33.8 Å². The summed E-state index contributed by atoms with van der Waals surface area (Å²) in [5.41, 5.74) is 0. The largest absolute Gasteiger partial charge is 0.490 e. The van der Waals surface area contributed by atoms with Crippen LogP contribution in [0, 0.1) is 5.92 Å². The number of esters is 2. The van der Waals surface area contributed by atoms with Crippen LogP contribution in [0.15, 0.2) is 23.1 Å². The highest BCUT2D eigenvalue weighted by Gasteiger charge is 2.28. The molecule has 2 rings (SSSR count). The fourth-order valence-electron chi connectivity index (χ4n) is 2.84. The van der Waals surface area contributed by atoms with Gasteiger partial charge in [0, 0.05) is 17.7 Å². The number of carbonyl (C=O) groups excluding carboxylic acids is 2. The predicted molar refractivity (Wildman–Crippen MR) is 112 cm³/mol. The normalized spacial score (nSPS) is 11.8. The molecule has 1 unspecified atom stereocenters. The van der Waals surface area contributed by atoms with Crippen molar-refractivity contribution in [2.24, 2.45) is 5.92 Å². The van der Waals surface area contributed by atoms with E-state index in [0.717, 1.165) is 0 Å². The number of methoxy groups -OCH3 is 3. The second kappa shape index (κ2) is 10.3. The third-order valence-electron chi connectivity index (χ3n) is 4.05. The first-order valence-corrected chi connectivity index (χ1v) is 10.5. The van der Waals surface area contributed by atoms with Crippen LogP contribution in [0.1, 0.15) is 20.8 Å². The second-order valence-electron chi connectivity index (χ2n) is 6.77. The average Bonchev–Trinajstić information content (AvgIpc) is 2.71. The minimum absolute atomic E-state index is 0.0440. The molecular formula is C21H26O8S. The van der Waals surface area contributed by atoms with Crippen molar-refractivity contribution >= 4 is 33.5 Å². The average molecular weight is 438 g/mol. The van der Waals surface area contributed by atoms with Crippen LogP contribution in [0.3, 0.4) is 0 Å². The molecule has 0 radical (unpaired) electrons. The quantitative estimate of drug-likeness (QED) is 0.435. The predicted octanol–water partition coefficient (Wildman–Crippen LogP) is 3.10. The van der Waals surface area contributed by atoms with Crippen molar-refractivity contribution in [3.63, 3.8) is 0 Å². The van der Waals surface area contributed by atoms with Gasteiger partial charge in [-0.3, -0.25) is 13.8 Å². The second-order valence-corrected chi connectivity index (χ2v) is 8.19. The minimum atomic E-state index is -1.77. The molecule has 164 valence electrons. The van der Waals surface area contributed by atoms with Crippen LogP contribution in [-0.4, -0.2) is 49.8 Å². The molecule has 0 saturated carbocycles. The van der Waals surface area contributed by atoms with Crippen LogP contribution >= 0.6 is 0 Å². The summed E-state index contributed by atoms with van der Waals surface area (Å²) >= 11 is 0. The van der Waals surface area contributed by atoms with E-state index in [4.69, 9.17) is 18.9 Å². The molecule has 30 heavy (non-hydrogen) atoms. The van der Waals surface area contributed by atoms with Gasteiger partial charge >= 0.3 is 11.9 Å². The zero-order valence-electron chi connectivity index (χ0n) is 17.9. The molecular weight excluding hydrogens is 412 g/mol. The molecule has 0 saturated heterocycles. The molecule has 0 spiro atoms. The molecule has 2 aromatic rings. The number of benzene rings is 2. The van der Waals surface area contributed by atoms with Gasteiger partial charge in [-0.1, -0.05) is 26.0 Å². The molecule has 0 heterocycles. The Hall–Kier alpha value is -2.81. The Balaban J connectivity index is 2.90. The number of rotatable bonds is 9. The van der Waals surface area contributed by atoms with E-state index < -0.39 is 22.7 Å². The van der Waals surface area contributed by atoms with Crippen molar-refractivity contribution in [2.75, 3.05) is 33.7 Å². The van der Waals surface area contributed by atoms with Gasteiger partial charge in [-0.25, -0.2) is 0 Å². The summed E-state index contributed by atoms with van der Waals surface area (Å²) in [7, 11) is 2.30. The van der Waals surface area contributed by atoms with Gasteiger partial charge in [0.05, 0.1) is 43.6 Å². The first kappa shape index (κ1) is 23.5. The molecule has 0 aliphatic carbocycles. The van der Waals surface area contributed by atoms with Gasteiger partial charge in [0.15, 0.2) is 11.5 Å². The minimum Gasteiger partial charge on any atom is -0.490 e. The summed E-state index contributed by atoms with van der Waals surface area (Å²) in [6.07, 6.45) is 0. The summed E-state index contributed by atoms with van der Waals surface area (Å²) in [4.78, 5) is 23.8. The standard InChI is InChI=1S/C21H26O8S/c1-12(2)10-28-18-14-8-7-9-15(30(24)11-16(23)25-4)17(14)19(29-13(3)22)21(27-6)20(18)26-5/h7-9,12H,10-11H2,1-6H3.